The summed E-state index contributed by atoms with van der Waals surface area (Å²) in [7, 11) is 1.60. The largest absolute Gasteiger partial charge is 0.472 e. The molecule has 3 atom stereocenters. The molecule has 0 heterocycles. The first-order valence-electron chi connectivity index (χ1n) is 10.4. The molecule has 9 heteroatoms. The minimum atomic E-state index is -4.25. The van der Waals surface area contributed by atoms with Crippen LogP contribution in [0.1, 0.15) is 65.2 Å². The molecule has 28 heavy (non-hydrogen) atoms. The zero-order valence-corrected chi connectivity index (χ0v) is 19.2. The van der Waals surface area contributed by atoms with E-state index in [1.54, 1.807) is 0 Å². The molecule has 0 aromatic heterocycles. The zero-order valence-electron chi connectivity index (χ0n) is 18.4. The Morgan fingerprint density at radius 3 is 2.29 bits per heavy atom. The number of rotatable bonds is 17. The number of hydrogen-bond donors (Lipinski definition) is 3. The molecule has 0 aliphatic carbocycles. The van der Waals surface area contributed by atoms with Gasteiger partial charge in [-0.05, 0) is 12.8 Å². The second-order valence-electron chi connectivity index (χ2n) is 8.31. The number of phosphoric ester groups is 1. The number of nitrogens with zero attached hydrogens (tertiary/aromatic N) is 1. The summed E-state index contributed by atoms with van der Waals surface area (Å²) in [6.07, 6.45) is 5.65. The van der Waals surface area contributed by atoms with Crippen LogP contribution in [0.4, 0.5) is 0 Å². The molecule has 0 saturated carbocycles. The van der Waals surface area contributed by atoms with Gasteiger partial charge in [0.2, 0.25) is 5.91 Å². The van der Waals surface area contributed by atoms with Crippen LogP contribution in [0, 0.1) is 0 Å². The van der Waals surface area contributed by atoms with Crippen LogP contribution in [-0.2, 0) is 18.4 Å². The summed E-state index contributed by atoms with van der Waals surface area (Å²) < 4.78 is 22.7. The highest BCUT2D eigenvalue weighted by Gasteiger charge is 2.28. The standard InChI is InChI=1S/C19H41N2O6P/c1-6-8-10-11-12-18(22)17(20-19(23)13-9-7-2)16-27-28(24,25)26-15-14-21(3,4)5/h17-18,22H,6-16H2,1-5H3,(H-,20,23,24,25)/p+1. The van der Waals surface area contributed by atoms with Gasteiger partial charge in [-0.2, -0.15) is 0 Å². The first kappa shape index (κ1) is 27.5. The van der Waals surface area contributed by atoms with Gasteiger partial charge >= 0.3 is 7.82 Å². The van der Waals surface area contributed by atoms with Crippen LogP contribution < -0.4 is 5.32 Å². The topological polar surface area (TPSA) is 105 Å². The molecule has 0 spiro atoms. The predicted octanol–water partition coefficient (Wildman–Crippen LogP) is 2.83. The SMILES string of the molecule is CCCCCCC(O)C(COP(=O)(O)OCC[N+](C)(C)C)NC(=O)CCCC. The Morgan fingerprint density at radius 1 is 1.07 bits per heavy atom. The molecule has 1 amide bonds. The second-order valence-corrected chi connectivity index (χ2v) is 9.76. The van der Waals surface area contributed by atoms with E-state index < -0.39 is 20.0 Å². The van der Waals surface area contributed by atoms with Crippen LogP contribution >= 0.6 is 7.82 Å². The van der Waals surface area contributed by atoms with Crippen molar-refractivity contribution in [1.82, 2.24) is 5.32 Å². The molecule has 0 aromatic rings. The van der Waals surface area contributed by atoms with Crippen molar-refractivity contribution in [3.63, 3.8) is 0 Å². The monoisotopic (exact) mass is 425 g/mol. The van der Waals surface area contributed by atoms with Crippen LogP contribution in [0.2, 0.25) is 0 Å². The fourth-order valence-electron chi connectivity index (χ4n) is 2.49. The van der Waals surface area contributed by atoms with E-state index in [0.29, 0.717) is 23.9 Å². The summed E-state index contributed by atoms with van der Waals surface area (Å²) in [5, 5.41) is 13.2. The van der Waals surface area contributed by atoms with Crippen molar-refractivity contribution in [2.75, 3.05) is 40.9 Å². The van der Waals surface area contributed by atoms with Crippen molar-refractivity contribution in [1.29, 1.82) is 0 Å². The Balaban J connectivity index is 4.66. The van der Waals surface area contributed by atoms with Gasteiger partial charge in [-0.15, -0.1) is 0 Å². The normalized spacial score (nSPS) is 16.4. The lowest BCUT2D eigenvalue weighted by Crippen LogP contribution is -2.46. The molecule has 168 valence electrons. The molecule has 0 aliphatic rings. The Bertz CT molecular complexity index is 470. The summed E-state index contributed by atoms with van der Waals surface area (Å²) in [6.45, 7) is 4.45. The van der Waals surface area contributed by atoms with Gasteiger partial charge in [-0.25, -0.2) is 4.57 Å². The highest BCUT2D eigenvalue weighted by Crippen LogP contribution is 2.43. The third kappa shape index (κ3) is 15.4. The molecule has 0 bridgehead atoms. The van der Waals surface area contributed by atoms with E-state index in [-0.39, 0.29) is 19.1 Å². The molecule has 0 aliphatic heterocycles. The molecule has 3 unspecified atom stereocenters. The van der Waals surface area contributed by atoms with Gasteiger partial charge < -0.3 is 19.8 Å². The van der Waals surface area contributed by atoms with Crippen molar-refractivity contribution >= 4 is 13.7 Å². The Kier molecular flexibility index (Phi) is 14.2. The number of nitrogens with one attached hydrogen (secondary N) is 1. The van der Waals surface area contributed by atoms with Crippen molar-refractivity contribution < 1.29 is 32.9 Å². The molecular formula is C19H42N2O6P+. The number of carbonyl (C=O) groups is 1. The van der Waals surface area contributed by atoms with E-state index in [9.17, 15) is 19.4 Å². The first-order valence-corrected chi connectivity index (χ1v) is 11.9. The van der Waals surface area contributed by atoms with Gasteiger partial charge in [0.1, 0.15) is 13.2 Å². The van der Waals surface area contributed by atoms with Crippen molar-refractivity contribution in [2.45, 2.75) is 77.4 Å². The van der Waals surface area contributed by atoms with Gasteiger partial charge in [0.25, 0.3) is 0 Å². The van der Waals surface area contributed by atoms with Crippen molar-refractivity contribution in [3.8, 4) is 0 Å². The maximum absolute atomic E-state index is 12.1. The summed E-state index contributed by atoms with van der Waals surface area (Å²) in [5.41, 5.74) is 0. The smallest absolute Gasteiger partial charge is 0.391 e. The highest BCUT2D eigenvalue weighted by atomic mass is 31.2. The number of carbonyl (C=O) groups excluding carboxylic acids is 1. The summed E-state index contributed by atoms with van der Waals surface area (Å²) >= 11 is 0. The van der Waals surface area contributed by atoms with Gasteiger partial charge in [-0.3, -0.25) is 13.8 Å². The Hall–Kier alpha value is -0.500. The van der Waals surface area contributed by atoms with Gasteiger partial charge in [0.15, 0.2) is 0 Å². The second kappa shape index (κ2) is 14.5. The number of aliphatic hydroxyl groups excluding tert-OH is 1. The first-order chi connectivity index (χ1) is 13.0. The number of phosphoric acid groups is 1. The van der Waals surface area contributed by atoms with Crippen LogP contribution in [0.5, 0.6) is 0 Å². The van der Waals surface area contributed by atoms with Crippen LogP contribution in [-0.4, -0.2) is 73.4 Å². The number of aliphatic hydroxyl groups is 1. The summed E-state index contributed by atoms with van der Waals surface area (Å²) in [6, 6.07) is -0.742. The van der Waals surface area contributed by atoms with Gasteiger partial charge in [-0.1, -0.05) is 46.0 Å². The lowest BCUT2D eigenvalue weighted by atomic mass is 10.0. The third-order valence-electron chi connectivity index (χ3n) is 4.36. The highest BCUT2D eigenvalue weighted by molar-refractivity contribution is 7.47. The summed E-state index contributed by atoms with van der Waals surface area (Å²) in [5.74, 6) is -0.193. The number of amides is 1. The lowest BCUT2D eigenvalue weighted by Gasteiger charge is -2.26. The molecule has 0 rings (SSSR count). The predicted molar refractivity (Wildman–Crippen MR) is 111 cm³/mol. The van der Waals surface area contributed by atoms with Gasteiger partial charge in [0.05, 0.1) is 39.9 Å². The average molecular weight is 426 g/mol. The third-order valence-corrected chi connectivity index (χ3v) is 5.34. The summed E-state index contributed by atoms with van der Waals surface area (Å²) in [4.78, 5) is 21.9. The Labute approximate surface area is 170 Å². The molecule has 8 nitrogen and oxygen atoms in total. The van der Waals surface area contributed by atoms with Gasteiger partial charge in [0, 0.05) is 6.42 Å². The van der Waals surface area contributed by atoms with Crippen LogP contribution in [0.3, 0.4) is 0 Å². The van der Waals surface area contributed by atoms with E-state index in [0.717, 1.165) is 38.5 Å². The lowest BCUT2D eigenvalue weighted by molar-refractivity contribution is -0.870. The van der Waals surface area contributed by atoms with Crippen molar-refractivity contribution in [3.05, 3.63) is 0 Å². The molecule has 0 aromatic carbocycles. The van der Waals surface area contributed by atoms with Crippen LogP contribution in [0.25, 0.3) is 0 Å². The quantitative estimate of drug-likeness (QED) is 0.188. The number of likely N-dealkylation sites (N-methyl/N-ethyl adjacent to an activating group) is 1. The molecular weight excluding hydrogens is 383 g/mol. The maximum atomic E-state index is 12.1. The maximum Gasteiger partial charge on any atom is 0.472 e. The minimum absolute atomic E-state index is 0.0738. The molecule has 0 fully saturated rings. The number of hydrogen-bond acceptors (Lipinski definition) is 5. The van der Waals surface area contributed by atoms with E-state index >= 15 is 0 Å². The zero-order chi connectivity index (χ0) is 21.6. The molecule has 0 radical (unpaired) electrons. The minimum Gasteiger partial charge on any atom is -0.391 e. The van der Waals surface area contributed by atoms with Crippen molar-refractivity contribution in [2.24, 2.45) is 0 Å². The van der Waals surface area contributed by atoms with E-state index in [2.05, 4.69) is 12.2 Å². The number of quaternary nitrogens is 1. The number of unbranched alkanes of at least 4 members (excludes halogenated alkanes) is 4. The molecule has 3 N–H and O–H groups in total. The fraction of sp³-hybridized carbons (Fsp3) is 0.947. The molecule has 0 saturated heterocycles. The van der Waals surface area contributed by atoms with E-state index in [1.165, 1.54) is 0 Å². The van der Waals surface area contributed by atoms with Crippen LogP contribution in [0.15, 0.2) is 0 Å². The fourth-order valence-corrected chi connectivity index (χ4v) is 3.22. The van der Waals surface area contributed by atoms with E-state index in [4.69, 9.17) is 9.05 Å². The average Bonchev–Trinajstić information content (AvgIpc) is 2.59. The van der Waals surface area contributed by atoms with E-state index in [1.807, 2.05) is 28.1 Å². The Morgan fingerprint density at radius 2 is 1.71 bits per heavy atom.